The SMILES string of the molecule is NC(=S)NN=C(c1cc(Cl)ccc1N)c1ccccc1F. The summed E-state index contributed by atoms with van der Waals surface area (Å²) in [4.78, 5) is 0. The minimum Gasteiger partial charge on any atom is -0.398 e. The van der Waals surface area contributed by atoms with Gasteiger partial charge in [0, 0.05) is 21.8 Å². The highest BCUT2D eigenvalue weighted by atomic mass is 35.5. The van der Waals surface area contributed by atoms with E-state index in [-0.39, 0.29) is 16.4 Å². The van der Waals surface area contributed by atoms with Crippen LogP contribution in [0.5, 0.6) is 0 Å². The fraction of sp³-hybridized carbons (Fsp3) is 0. The van der Waals surface area contributed by atoms with Crippen molar-refractivity contribution in [3.05, 3.63) is 64.4 Å². The zero-order valence-electron chi connectivity index (χ0n) is 10.8. The molecule has 0 unspecified atom stereocenters. The van der Waals surface area contributed by atoms with Gasteiger partial charge in [-0.1, -0.05) is 23.7 Å². The number of hydrogen-bond acceptors (Lipinski definition) is 3. The van der Waals surface area contributed by atoms with Crippen molar-refractivity contribution in [3.63, 3.8) is 0 Å². The summed E-state index contributed by atoms with van der Waals surface area (Å²) in [5.41, 5.74) is 15.2. The summed E-state index contributed by atoms with van der Waals surface area (Å²) in [5, 5.41) is 4.47. The van der Waals surface area contributed by atoms with Crippen LogP contribution in [-0.2, 0) is 0 Å². The molecule has 0 aliphatic carbocycles. The molecule has 0 heterocycles. The quantitative estimate of drug-likeness (QED) is 0.351. The third kappa shape index (κ3) is 3.68. The number of halogens is 2. The summed E-state index contributed by atoms with van der Waals surface area (Å²) in [6.07, 6.45) is 0. The first-order valence-electron chi connectivity index (χ1n) is 5.92. The largest absolute Gasteiger partial charge is 0.398 e. The molecule has 0 bridgehead atoms. The van der Waals surface area contributed by atoms with Crippen molar-refractivity contribution in [2.45, 2.75) is 0 Å². The number of benzene rings is 2. The molecule has 2 aromatic carbocycles. The second-order valence-corrected chi connectivity index (χ2v) is 5.02. The summed E-state index contributed by atoms with van der Waals surface area (Å²) >= 11 is 10.7. The number of nitrogens with two attached hydrogens (primary N) is 2. The molecule has 7 heteroatoms. The van der Waals surface area contributed by atoms with Gasteiger partial charge in [0.2, 0.25) is 0 Å². The lowest BCUT2D eigenvalue weighted by Gasteiger charge is -2.11. The van der Waals surface area contributed by atoms with E-state index in [0.29, 0.717) is 16.3 Å². The summed E-state index contributed by atoms with van der Waals surface area (Å²) in [6.45, 7) is 0. The van der Waals surface area contributed by atoms with Crippen molar-refractivity contribution < 1.29 is 4.39 Å². The maximum atomic E-state index is 14.0. The first-order chi connectivity index (χ1) is 9.99. The molecular formula is C14H12ClFN4S. The van der Waals surface area contributed by atoms with Gasteiger partial charge in [-0.25, -0.2) is 4.39 Å². The van der Waals surface area contributed by atoms with Crippen molar-refractivity contribution in [1.29, 1.82) is 0 Å². The van der Waals surface area contributed by atoms with Crippen LogP contribution in [0.4, 0.5) is 10.1 Å². The van der Waals surface area contributed by atoms with E-state index in [1.807, 2.05) is 0 Å². The molecule has 0 aliphatic heterocycles. The van der Waals surface area contributed by atoms with E-state index < -0.39 is 5.82 Å². The standard InChI is InChI=1S/C14H12ClFN4S/c15-8-5-6-12(17)10(7-8)13(19-20-14(18)21)9-3-1-2-4-11(9)16/h1-7H,17H2,(H3,18,20,21). The number of nitrogens with one attached hydrogen (secondary N) is 1. The van der Waals surface area contributed by atoms with E-state index in [1.54, 1.807) is 36.4 Å². The Bertz CT molecular complexity index is 718. The molecule has 5 N–H and O–H groups in total. The predicted octanol–water partition coefficient (Wildman–Crippen LogP) is 2.65. The fourth-order valence-electron chi connectivity index (χ4n) is 1.76. The topological polar surface area (TPSA) is 76.4 Å². The second kappa shape index (κ2) is 6.51. The molecular weight excluding hydrogens is 311 g/mol. The monoisotopic (exact) mass is 322 g/mol. The Morgan fingerprint density at radius 3 is 2.57 bits per heavy atom. The molecule has 4 nitrogen and oxygen atoms in total. The Kier molecular flexibility index (Phi) is 4.72. The number of rotatable bonds is 3. The highest BCUT2D eigenvalue weighted by Gasteiger charge is 2.15. The van der Waals surface area contributed by atoms with E-state index >= 15 is 0 Å². The molecule has 0 aromatic heterocycles. The van der Waals surface area contributed by atoms with Gasteiger partial charge in [-0.05, 0) is 42.5 Å². The van der Waals surface area contributed by atoms with Crippen molar-refractivity contribution in [2.75, 3.05) is 5.73 Å². The van der Waals surface area contributed by atoms with E-state index in [4.69, 9.17) is 35.3 Å². The van der Waals surface area contributed by atoms with Gasteiger partial charge in [-0.3, -0.25) is 5.43 Å². The third-order valence-electron chi connectivity index (χ3n) is 2.68. The molecule has 0 atom stereocenters. The van der Waals surface area contributed by atoms with Crippen LogP contribution < -0.4 is 16.9 Å². The molecule has 0 spiro atoms. The predicted molar refractivity (Wildman–Crippen MR) is 87.8 cm³/mol. The van der Waals surface area contributed by atoms with Gasteiger partial charge >= 0.3 is 0 Å². The van der Waals surface area contributed by atoms with Gasteiger partial charge in [0.15, 0.2) is 5.11 Å². The first-order valence-corrected chi connectivity index (χ1v) is 6.71. The Morgan fingerprint density at radius 2 is 1.90 bits per heavy atom. The number of nitrogen functional groups attached to an aromatic ring is 1. The van der Waals surface area contributed by atoms with Gasteiger partial charge in [-0.15, -0.1) is 0 Å². The Labute approximate surface area is 131 Å². The van der Waals surface area contributed by atoms with Crippen molar-refractivity contribution >= 4 is 40.3 Å². The lowest BCUT2D eigenvalue weighted by molar-refractivity contribution is 0.625. The zero-order valence-corrected chi connectivity index (χ0v) is 12.4. The molecule has 2 aromatic rings. The summed E-state index contributed by atoms with van der Waals surface area (Å²) in [5.74, 6) is -0.444. The van der Waals surface area contributed by atoms with Crippen molar-refractivity contribution in [2.24, 2.45) is 10.8 Å². The second-order valence-electron chi connectivity index (χ2n) is 4.15. The van der Waals surface area contributed by atoms with Crippen molar-refractivity contribution in [1.82, 2.24) is 5.43 Å². The highest BCUT2D eigenvalue weighted by molar-refractivity contribution is 7.80. The van der Waals surface area contributed by atoms with Gasteiger partial charge in [0.1, 0.15) is 11.5 Å². The van der Waals surface area contributed by atoms with Gasteiger partial charge in [0.25, 0.3) is 0 Å². The fourth-order valence-corrected chi connectivity index (χ4v) is 1.98. The third-order valence-corrected chi connectivity index (χ3v) is 3.00. The lowest BCUT2D eigenvalue weighted by atomic mass is 10.0. The van der Waals surface area contributed by atoms with Gasteiger partial charge < -0.3 is 11.5 Å². The van der Waals surface area contributed by atoms with Crippen LogP contribution in [0.2, 0.25) is 5.02 Å². The van der Waals surface area contributed by atoms with Crippen LogP contribution in [-0.4, -0.2) is 10.8 Å². The molecule has 21 heavy (non-hydrogen) atoms. The van der Waals surface area contributed by atoms with Crippen LogP contribution in [0.15, 0.2) is 47.6 Å². The average molecular weight is 323 g/mol. The first kappa shape index (κ1) is 15.2. The minimum atomic E-state index is -0.444. The summed E-state index contributed by atoms with van der Waals surface area (Å²) in [6, 6.07) is 11.0. The van der Waals surface area contributed by atoms with Crippen LogP contribution in [0.25, 0.3) is 0 Å². The lowest BCUT2D eigenvalue weighted by Crippen LogP contribution is -2.26. The number of nitrogens with zero attached hydrogens (tertiary/aromatic N) is 1. The maximum Gasteiger partial charge on any atom is 0.184 e. The molecule has 0 saturated heterocycles. The number of thiocarbonyl (C=S) groups is 1. The van der Waals surface area contributed by atoms with E-state index in [1.165, 1.54) is 6.07 Å². The average Bonchev–Trinajstić information content (AvgIpc) is 2.44. The van der Waals surface area contributed by atoms with Gasteiger partial charge in [-0.2, -0.15) is 5.10 Å². The van der Waals surface area contributed by atoms with E-state index in [0.717, 1.165) is 0 Å². The van der Waals surface area contributed by atoms with Crippen molar-refractivity contribution in [3.8, 4) is 0 Å². The molecule has 108 valence electrons. The Hall–Kier alpha value is -2.18. The van der Waals surface area contributed by atoms with Gasteiger partial charge in [0.05, 0.1) is 0 Å². The molecule has 0 radical (unpaired) electrons. The smallest absolute Gasteiger partial charge is 0.184 e. The van der Waals surface area contributed by atoms with Crippen LogP contribution in [0.3, 0.4) is 0 Å². The number of hydrazone groups is 1. The van der Waals surface area contributed by atoms with Crippen LogP contribution in [0.1, 0.15) is 11.1 Å². The normalized spacial score (nSPS) is 11.2. The molecule has 0 saturated carbocycles. The minimum absolute atomic E-state index is 0.0376. The maximum absolute atomic E-state index is 14.0. The van der Waals surface area contributed by atoms with Crippen LogP contribution in [0, 0.1) is 5.82 Å². The molecule has 0 aliphatic rings. The summed E-state index contributed by atoms with van der Waals surface area (Å²) < 4.78 is 14.0. The zero-order chi connectivity index (χ0) is 15.4. The highest BCUT2D eigenvalue weighted by Crippen LogP contribution is 2.23. The summed E-state index contributed by atoms with van der Waals surface area (Å²) in [7, 11) is 0. The number of hydrogen-bond donors (Lipinski definition) is 3. The Balaban J connectivity index is 2.62. The van der Waals surface area contributed by atoms with Crippen LogP contribution >= 0.6 is 23.8 Å². The Morgan fingerprint density at radius 1 is 1.19 bits per heavy atom. The molecule has 0 fully saturated rings. The van der Waals surface area contributed by atoms with E-state index in [2.05, 4.69) is 10.5 Å². The van der Waals surface area contributed by atoms with E-state index in [9.17, 15) is 4.39 Å². The number of anilines is 1. The molecule has 0 amide bonds. The molecule has 2 rings (SSSR count).